The van der Waals surface area contributed by atoms with Crippen LogP contribution < -0.4 is 0 Å². The molecule has 2 aromatic heterocycles. The van der Waals surface area contributed by atoms with Crippen molar-refractivity contribution in [1.82, 2.24) is 19.5 Å². The van der Waals surface area contributed by atoms with Crippen molar-refractivity contribution in [3.8, 4) is 34.3 Å². The Morgan fingerprint density at radius 2 is 1.28 bits per heavy atom. The molecule has 0 saturated carbocycles. The van der Waals surface area contributed by atoms with E-state index >= 15 is 0 Å². The van der Waals surface area contributed by atoms with E-state index in [2.05, 4.69) is 21.0 Å². The maximum Gasteiger partial charge on any atom is 0.416 e. The van der Waals surface area contributed by atoms with Crippen molar-refractivity contribution in [2.24, 2.45) is 0 Å². The predicted octanol–water partition coefficient (Wildman–Crippen LogP) is 8.83. The molecule has 0 atom stereocenters. The fourth-order valence-corrected chi connectivity index (χ4v) is 5.24. The van der Waals surface area contributed by atoms with Gasteiger partial charge in [-0.15, -0.1) is 0 Å². The summed E-state index contributed by atoms with van der Waals surface area (Å²) in [7, 11) is 0. The van der Waals surface area contributed by atoms with Crippen LogP contribution in [0.1, 0.15) is 28.3 Å². The molecule has 0 amide bonds. The van der Waals surface area contributed by atoms with E-state index in [0.29, 0.717) is 62.8 Å². The fraction of sp³-hybridized carbons (Fsp3) is 0.125. The van der Waals surface area contributed by atoms with E-state index < -0.39 is 23.5 Å². The molecular weight excluding hydrogens is 568 g/mol. The lowest BCUT2D eigenvalue weighted by atomic mass is 9.98. The molecule has 214 valence electrons. The maximum atomic E-state index is 13.6. The van der Waals surface area contributed by atoms with Gasteiger partial charge >= 0.3 is 12.4 Å². The van der Waals surface area contributed by atoms with Crippen LogP contribution >= 0.6 is 0 Å². The van der Waals surface area contributed by atoms with Crippen molar-refractivity contribution < 1.29 is 26.3 Å². The molecule has 0 spiro atoms. The number of fused-ring (bicyclic) bond motifs is 3. The van der Waals surface area contributed by atoms with Crippen LogP contribution in [0.4, 0.5) is 26.3 Å². The highest BCUT2D eigenvalue weighted by Crippen LogP contribution is 2.41. The van der Waals surface area contributed by atoms with Gasteiger partial charge in [-0.1, -0.05) is 30.3 Å². The van der Waals surface area contributed by atoms with Crippen LogP contribution in [0, 0.1) is 25.2 Å². The third-order valence-electron chi connectivity index (χ3n) is 7.06. The van der Waals surface area contributed by atoms with Crippen molar-refractivity contribution in [3.05, 3.63) is 107 Å². The third kappa shape index (κ3) is 5.05. The van der Waals surface area contributed by atoms with Crippen LogP contribution in [0.3, 0.4) is 0 Å². The summed E-state index contributed by atoms with van der Waals surface area (Å²) in [6, 6.07) is 20.7. The van der Waals surface area contributed by atoms with Gasteiger partial charge in [0.1, 0.15) is 11.6 Å². The fourth-order valence-electron chi connectivity index (χ4n) is 5.24. The minimum absolute atomic E-state index is 0.109. The van der Waals surface area contributed by atoms with Gasteiger partial charge in [0.15, 0.2) is 5.82 Å². The lowest BCUT2D eigenvalue weighted by Gasteiger charge is -2.16. The summed E-state index contributed by atoms with van der Waals surface area (Å²) in [6.07, 6.45) is -9.97. The van der Waals surface area contributed by atoms with Gasteiger partial charge in [-0.05, 0) is 73.5 Å². The van der Waals surface area contributed by atoms with Crippen LogP contribution in [0.2, 0.25) is 0 Å². The summed E-state index contributed by atoms with van der Waals surface area (Å²) in [6.45, 7) is 3.44. The first-order valence-corrected chi connectivity index (χ1v) is 12.9. The molecule has 0 N–H and O–H groups in total. The standard InChI is InChI=1S/C32H19F6N5/c1-17-40-18(2)42-30(41-17)26-9-7-19(16-39)11-28(26)43-27-6-4-3-5-24(27)25-10-8-20(14-29(25)43)21-12-22(31(33,34)35)15-23(13-21)32(36,37)38/h3-15H,1-2H3. The number of para-hydroxylation sites is 1. The summed E-state index contributed by atoms with van der Waals surface area (Å²) < 4.78 is 83.7. The molecule has 0 radical (unpaired) electrons. The van der Waals surface area contributed by atoms with Crippen LogP contribution in [0.5, 0.6) is 0 Å². The molecule has 0 unspecified atom stereocenters. The summed E-state index contributed by atoms with van der Waals surface area (Å²) in [5.41, 5.74) is -0.293. The van der Waals surface area contributed by atoms with E-state index in [0.717, 1.165) is 5.39 Å². The molecule has 4 aromatic carbocycles. The van der Waals surface area contributed by atoms with E-state index in [1.165, 1.54) is 6.07 Å². The molecule has 2 heterocycles. The number of aromatic nitrogens is 4. The topological polar surface area (TPSA) is 67.4 Å². The maximum absolute atomic E-state index is 13.6. The number of hydrogen-bond donors (Lipinski definition) is 0. The number of hydrogen-bond acceptors (Lipinski definition) is 4. The highest BCUT2D eigenvalue weighted by molar-refractivity contribution is 6.10. The van der Waals surface area contributed by atoms with Crippen LogP contribution in [0.15, 0.2) is 78.9 Å². The van der Waals surface area contributed by atoms with E-state index in [1.807, 2.05) is 28.8 Å². The van der Waals surface area contributed by atoms with Crippen molar-refractivity contribution in [3.63, 3.8) is 0 Å². The largest absolute Gasteiger partial charge is 0.416 e. The van der Waals surface area contributed by atoms with Gasteiger partial charge in [0.25, 0.3) is 0 Å². The lowest BCUT2D eigenvalue weighted by Crippen LogP contribution is -2.11. The van der Waals surface area contributed by atoms with Crippen molar-refractivity contribution in [2.45, 2.75) is 26.2 Å². The zero-order valence-corrected chi connectivity index (χ0v) is 22.5. The lowest BCUT2D eigenvalue weighted by molar-refractivity contribution is -0.143. The number of benzene rings is 4. The molecule has 5 nitrogen and oxygen atoms in total. The predicted molar refractivity (Wildman–Crippen MR) is 149 cm³/mol. The first-order chi connectivity index (χ1) is 20.3. The minimum atomic E-state index is -4.98. The molecule has 11 heteroatoms. The molecule has 0 fully saturated rings. The molecule has 0 aliphatic heterocycles. The second-order valence-electron chi connectivity index (χ2n) is 9.98. The molecular formula is C32H19F6N5. The van der Waals surface area contributed by atoms with Gasteiger partial charge in [-0.3, -0.25) is 0 Å². The molecule has 0 bridgehead atoms. The monoisotopic (exact) mass is 587 g/mol. The first kappa shape index (κ1) is 27.9. The molecule has 6 rings (SSSR count). The number of alkyl halides is 6. The van der Waals surface area contributed by atoms with Crippen molar-refractivity contribution in [2.75, 3.05) is 0 Å². The van der Waals surface area contributed by atoms with Crippen molar-refractivity contribution in [1.29, 1.82) is 5.26 Å². The Morgan fingerprint density at radius 3 is 1.91 bits per heavy atom. The van der Waals surface area contributed by atoms with E-state index in [9.17, 15) is 31.6 Å². The van der Waals surface area contributed by atoms with Crippen LogP contribution in [0.25, 0.3) is 50.0 Å². The summed E-state index contributed by atoms with van der Waals surface area (Å²) in [5, 5.41) is 11.2. The number of halogens is 6. The minimum Gasteiger partial charge on any atom is -0.308 e. The Morgan fingerprint density at radius 1 is 0.651 bits per heavy atom. The smallest absolute Gasteiger partial charge is 0.308 e. The highest BCUT2D eigenvalue weighted by atomic mass is 19.4. The Bertz CT molecular complexity index is 2050. The van der Waals surface area contributed by atoms with Crippen LogP contribution in [-0.2, 0) is 12.4 Å². The molecule has 0 aliphatic carbocycles. The second-order valence-corrected chi connectivity index (χ2v) is 9.98. The Kier molecular flexibility index (Phi) is 6.45. The zero-order valence-electron chi connectivity index (χ0n) is 22.5. The van der Waals surface area contributed by atoms with Crippen molar-refractivity contribution >= 4 is 21.8 Å². The average molecular weight is 588 g/mol. The van der Waals surface area contributed by atoms with Gasteiger partial charge in [0, 0.05) is 16.3 Å². The van der Waals surface area contributed by atoms with E-state index in [-0.39, 0.29) is 17.2 Å². The van der Waals surface area contributed by atoms with E-state index in [1.54, 1.807) is 44.2 Å². The van der Waals surface area contributed by atoms with Gasteiger partial charge in [0.2, 0.25) is 0 Å². The highest BCUT2D eigenvalue weighted by Gasteiger charge is 2.37. The Labute approximate surface area is 240 Å². The number of nitriles is 1. The second kappa shape index (κ2) is 9.94. The van der Waals surface area contributed by atoms with Gasteiger partial charge < -0.3 is 4.57 Å². The molecule has 43 heavy (non-hydrogen) atoms. The quantitative estimate of drug-likeness (QED) is 0.194. The zero-order chi connectivity index (χ0) is 30.7. The normalized spacial score (nSPS) is 12.2. The Hall–Kier alpha value is -5.24. The van der Waals surface area contributed by atoms with Gasteiger partial charge in [0.05, 0.1) is 39.5 Å². The third-order valence-corrected chi connectivity index (χ3v) is 7.06. The number of aryl methyl sites for hydroxylation is 2. The van der Waals surface area contributed by atoms with Gasteiger partial charge in [-0.2, -0.15) is 31.6 Å². The average Bonchev–Trinajstić information content (AvgIpc) is 3.28. The van der Waals surface area contributed by atoms with E-state index in [4.69, 9.17) is 0 Å². The van der Waals surface area contributed by atoms with Gasteiger partial charge in [-0.25, -0.2) is 15.0 Å². The summed E-state index contributed by atoms with van der Waals surface area (Å²) >= 11 is 0. The summed E-state index contributed by atoms with van der Waals surface area (Å²) in [4.78, 5) is 13.2. The number of rotatable bonds is 3. The number of nitrogens with zero attached hydrogens (tertiary/aromatic N) is 5. The Balaban J connectivity index is 1.69. The van der Waals surface area contributed by atoms with Crippen LogP contribution in [-0.4, -0.2) is 19.5 Å². The molecule has 0 aliphatic rings. The SMILES string of the molecule is Cc1nc(C)nc(-c2ccc(C#N)cc2-n2c3ccccc3c3ccc(-c4cc(C(F)(F)F)cc(C(F)(F)F)c4)cc32)n1. The molecule has 0 saturated heterocycles. The molecule has 6 aromatic rings. The first-order valence-electron chi connectivity index (χ1n) is 12.9. The summed E-state index contributed by atoms with van der Waals surface area (Å²) in [5.74, 6) is 1.30.